The Morgan fingerprint density at radius 2 is 1.86 bits per heavy atom. The molecule has 0 N–H and O–H groups in total. The molecule has 120 valence electrons. The van der Waals surface area contributed by atoms with Gasteiger partial charge in [0.05, 0.1) is 6.04 Å². The van der Waals surface area contributed by atoms with Crippen LogP contribution in [0.4, 0.5) is 17.6 Å². The van der Waals surface area contributed by atoms with Gasteiger partial charge in [0.15, 0.2) is 5.92 Å². The van der Waals surface area contributed by atoms with E-state index in [-0.39, 0.29) is 25.3 Å². The van der Waals surface area contributed by atoms with Crippen molar-refractivity contribution in [1.82, 2.24) is 4.90 Å². The molecule has 1 heterocycles. The summed E-state index contributed by atoms with van der Waals surface area (Å²) < 4.78 is 53.3. The van der Waals surface area contributed by atoms with Gasteiger partial charge in [-0.2, -0.15) is 13.2 Å². The van der Waals surface area contributed by atoms with E-state index >= 15 is 0 Å². The molecule has 2 aliphatic rings. The standard InChI is InChI=1S/C14H19F4NO2/c1-8-9(6-20)19(7-12(8,2)3)11(21)10(14(16,17)18)13(15)4-5-13/h6,8-10H,4-5,7H2,1-3H3. The van der Waals surface area contributed by atoms with Crippen LogP contribution in [0.3, 0.4) is 0 Å². The van der Waals surface area contributed by atoms with Crippen LogP contribution in [0.5, 0.6) is 0 Å². The summed E-state index contributed by atoms with van der Waals surface area (Å²) in [5.74, 6) is -4.24. The van der Waals surface area contributed by atoms with Gasteiger partial charge >= 0.3 is 6.18 Å². The molecule has 0 radical (unpaired) electrons. The van der Waals surface area contributed by atoms with Crippen LogP contribution in [0.25, 0.3) is 0 Å². The SMILES string of the molecule is CC1C(C=O)N(C(=O)C(C(F)(F)F)C2(F)CC2)CC1(C)C. The van der Waals surface area contributed by atoms with Gasteiger partial charge in [-0.25, -0.2) is 4.39 Å². The van der Waals surface area contributed by atoms with Gasteiger partial charge in [0.25, 0.3) is 0 Å². The fourth-order valence-electron chi connectivity index (χ4n) is 3.07. The van der Waals surface area contributed by atoms with Gasteiger partial charge < -0.3 is 9.69 Å². The summed E-state index contributed by atoms with van der Waals surface area (Å²) in [6.45, 7) is 5.31. The van der Waals surface area contributed by atoms with Crippen LogP contribution in [-0.4, -0.2) is 41.5 Å². The van der Waals surface area contributed by atoms with Crippen molar-refractivity contribution in [1.29, 1.82) is 0 Å². The number of halogens is 4. The van der Waals surface area contributed by atoms with Crippen LogP contribution in [-0.2, 0) is 9.59 Å². The number of carbonyl (C=O) groups excluding carboxylic acids is 2. The van der Waals surface area contributed by atoms with Crippen LogP contribution < -0.4 is 0 Å². The lowest BCUT2D eigenvalue weighted by atomic mass is 9.80. The molecular weight excluding hydrogens is 290 g/mol. The first kappa shape index (κ1) is 16.2. The summed E-state index contributed by atoms with van der Waals surface area (Å²) in [5.41, 5.74) is -2.98. The van der Waals surface area contributed by atoms with Crippen molar-refractivity contribution >= 4 is 12.2 Å². The lowest BCUT2D eigenvalue weighted by Crippen LogP contribution is -2.50. The lowest BCUT2D eigenvalue weighted by Gasteiger charge is -2.30. The van der Waals surface area contributed by atoms with Gasteiger partial charge in [0, 0.05) is 6.54 Å². The molecule has 1 aliphatic heterocycles. The molecule has 7 heteroatoms. The van der Waals surface area contributed by atoms with E-state index in [0.717, 1.165) is 4.90 Å². The number of aldehydes is 1. The largest absolute Gasteiger partial charge is 0.403 e. The third-order valence-corrected chi connectivity index (χ3v) is 4.92. The van der Waals surface area contributed by atoms with E-state index in [1.165, 1.54) is 0 Å². The van der Waals surface area contributed by atoms with Crippen LogP contribution in [0.15, 0.2) is 0 Å². The molecule has 3 unspecified atom stereocenters. The maximum Gasteiger partial charge on any atom is 0.403 e. The molecule has 2 rings (SSSR count). The number of rotatable bonds is 3. The number of alkyl halides is 4. The smallest absolute Gasteiger partial charge is 0.331 e. The average molecular weight is 309 g/mol. The molecule has 0 bridgehead atoms. The Balaban J connectivity index is 2.32. The van der Waals surface area contributed by atoms with Gasteiger partial charge in [-0.15, -0.1) is 0 Å². The normalized spacial score (nSPS) is 31.9. The Hall–Kier alpha value is -1.14. The van der Waals surface area contributed by atoms with E-state index in [0.29, 0.717) is 6.29 Å². The third-order valence-electron chi connectivity index (χ3n) is 4.92. The number of amides is 1. The van der Waals surface area contributed by atoms with Crippen LogP contribution in [0.2, 0.25) is 0 Å². The lowest BCUT2D eigenvalue weighted by molar-refractivity contribution is -0.205. The average Bonchev–Trinajstić information content (AvgIpc) is 2.98. The van der Waals surface area contributed by atoms with Gasteiger partial charge in [-0.05, 0) is 24.2 Å². The zero-order chi connectivity index (χ0) is 16.2. The highest BCUT2D eigenvalue weighted by Crippen LogP contribution is 2.54. The highest BCUT2D eigenvalue weighted by atomic mass is 19.4. The molecule has 1 aliphatic carbocycles. The highest BCUT2D eigenvalue weighted by molar-refractivity contribution is 5.85. The maximum absolute atomic E-state index is 14.0. The van der Waals surface area contributed by atoms with E-state index in [1.54, 1.807) is 20.8 Å². The minimum Gasteiger partial charge on any atom is -0.331 e. The fourth-order valence-corrected chi connectivity index (χ4v) is 3.07. The second kappa shape index (κ2) is 4.68. The molecule has 0 aromatic carbocycles. The van der Waals surface area contributed by atoms with Crippen molar-refractivity contribution in [2.45, 2.75) is 51.5 Å². The van der Waals surface area contributed by atoms with Gasteiger partial charge in [0.2, 0.25) is 5.91 Å². The number of carbonyl (C=O) groups is 2. The maximum atomic E-state index is 14.0. The Labute approximate surface area is 120 Å². The van der Waals surface area contributed by atoms with Crippen molar-refractivity contribution in [3.63, 3.8) is 0 Å². The van der Waals surface area contributed by atoms with Crippen LogP contribution in [0, 0.1) is 17.3 Å². The Morgan fingerprint density at radius 1 is 1.33 bits per heavy atom. The zero-order valence-corrected chi connectivity index (χ0v) is 12.2. The number of likely N-dealkylation sites (tertiary alicyclic amines) is 1. The van der Waals surface area contributed by atoms with Crippen molar-refractivity contribution in [2.24, 2.45) is 17.3 Å². The molecule has 3 atom stereocenters. The Kier molecular flexibility index (Phi) is 3.62. The van der Waals surface area contributed by atoms with Gasteiger partial charge in [-0.1, -0.05) is 20.8 Å². The fraction of sp³-hybridized carbons (Fsp3) is 0.857. The summed E-state index contributed by atoms with van der Waals surface area (Å²) in [7, 11) is 0. The minimum atomic E-state index is -4.94. The monoisotopic (exact) mass is 309 g/mol. The number of hydrogen-bond donors (Lipinski definition) is 0. The third kappa shape index (κ3) is 2.66. The highest BCUT2D eigenvalue weighted by Gasteiger charge is 2.66. The van der Waals surface area contributed by atoms with E-state index in [2.05, 4.69) is 0 Å². The first-order valence-corrected chi connectivity index (χ1v) is 6.95. The summed E-state index contributed by atoms with van der Waals surface area (Å²) in [6.07, 6.45) is -4.97. The molecule has 21 heavy (non-hydrogen) atoms. The van der Waals surface area contributed by atoms with E-state index < -0.39 is 35.1 Å². The molecule has 1 saturated carbocycles. The predicted molar refractivity (Wildman–Crippen MR) is 67.1 cm³/mol. The van der Waals surface area contributed by atoms with Crippen molar-refractivity contribution < 1.29 is 27.2 Å². The summed E-state index contributed by atoms with van der Waals surface area (Å²) >= 11 is 0. The minimum absolute atomic E-state index is 0.0269. The quantitative estimate of drug-likeness (QED) is 0.594. The molecule has 0 aromatic rings. The number of hydrogen-bond acceptors (Lipinski definition) is 2. The molecular formula is C14H19F4NO2. The first-order valence-electron chi connectivity index (χ1n) is 6.95. The topological polar surface area (TPSA) is 37.4 Å². The van der Waals surface area contributed by atoms with E-state index in [4.69, 9.17) is 0 Å². The van der Waals surface area contributed by atoms with Gasteiger partial charge in [-0.3, -0.25) is 4.79 Å². The van der Waals surface area contributed by atoms with Crippen molar-refractivity contribution in [2.75, 3.05) is 6.54 Å². The van der Waals surface area contributed by atoms with Crippen molar-refractivity contribution in [3.8, 4) is 0 Å². The zero-order valence-electron chi connectivity index (χ0n) is 12.2. The van der Waals surface area contributed by atoms with Crippen LogP contribution >= 0.6 is 0 Å². The first-order chi connectivity index (χ1) is 9.44. The number of nitrogens with zero attached hydrogens (tertiary/aromatic N) is 1. The van der Waals surface area contributed by atoms with Crippen LogP contribution in [0.1, 0.15) is 33.6 Å². The molecule has 2 fully saturated rings. The second-order valence-electron chi connectivity index (χ2n) is 6.88. The summed E-state index contributed by atoms with van der Waals surface area (Å²) in [5, 5.41) is 0. The van der Waals surface area contributed by atoms with Crippen molar-refractivity contribution in [3.05, 3.63) is 0 Å². The van der Waals surface area contributed by atoms with Gasteiger partial charge in [0.1, 0.15) is 12.0 Å². The molecule has 0 aromatic heterocycles. The Bertz CT molecular complexity index is 451. The molecule has 0 spiro atoms. The molecule has 3 nitrogen and oxygen atoms in total. The molecule has 1 saturated heterocycles. The molecule has 1 amide bonds. The Morgan fingerprint density at radius 3 is 2.24 bits per heavy atom. The second-order valence-corrected chi connectivity index (χ2v) is 6.88. The predicted octanol–water partition coefficient (Wildman–Crippen LogP) is 2.74. The summed E-state index contributed by atoms with van der Waals surface area (Å²) in [6, 6.07) is -0.931. The summed E-state index contributed by atoms with van der Waals surface area (Å²) in [4.78, 5) is 24.4. The van der Waals surface area contributed by atoms with E-state index in [9.17, 15) is 27.2 Å². The van der Waals surface area contributed by atoms with E-state index in [1.807, 2.05) is 0 Å².